The molecular weight excluding hydrogens is 210 g/mol. The maximum absolute atomic E-state index is 5.85. The van der Waals surface area contributed by atoms with Crippen LogP contribution < -0.4 is 5.73 Å². The molecule has 2 rings (SSSR count). The van der Waals surface area contributed by atoms with Crippen molar-refractivity contribution in [1.29, 1.82) is 0 Å². The highest BCUT2D eigenvalue weighted by Gasteiger charge is 2.01. The Morgan fingerprint density at radius 1 is 1.47 bits per heavy atom. The van der Waals surface area contributed by atoms with Crippen molar-refractivity contribution < 1.29 is 0 Å². The molecule has 3 nitrogen and oxygen atoms in total. The van der Waals surface area contributed by atoms with E-state index in [0.29, 0.717) is 17.3 Å². The van der Waals surface area contributed by atoms with Crippen LogP contribution in [-0.4, -0.2) is 9.78 Å². The van der Waals surface area contributed by atoms with Gasteiger partial charge in [0.2, 0.25) is 0 Å². The fourth-order valence-electron chi connectivity index (χ4n) is 1.44. The molecule has 2 N–H and O–H groups in total. The number of nitrogen functional groups attached to an aromatic ring is 1. The molecule has 0 fully saturated rings. The van der Waals surface area contributed by atoms with Crippen molar-refractivity contribution in [2.75, 3.05) is 5.73 Å². The highest BCUT2D eigenvalue weighted by molar-refractivity contribution is 6.30. The zero-order valence-electron chi connectivity index (χ0n) is 8.44. The van der Waals surface area contributed by atoms with E-state index in [9.17, 15) is 0 Å². The summed E-state index contributed by atoms with van der Waals surface area (Å²) in [6, 6.07) is 5.52. The number of rotatable bonds is 2. The molecule has 0 bridgehead atoms. The fourth-order valence-corrected chi connectivity index (χ4v) is 1.62. The molecular formula is C11H12ClN3. The Morgan fingerprint density at radius 2 is 2.27 bits per heavy atom. The Bertz CT molecular complexity index is 476. The first kappa shape index (κ1) is 10.1. The summed E-state index contributed by atoms with van der Waals surface area (Å²) in [6.45, 7) is 2.69. The number of halogens is 1. The van der Waals surface area contributed by atoms with Crippen molar-refractivity contribution in [3.8, 4) is 0 Å². The van der Waals surface area contributed by atoms with Crippen molar-refractivity contribution in [3.05, 3.63) is 46.7 Å². The van der Waals surface area contributed by atoms with Crippen LogP contribution in [0.5, 0.6) is 0 Å². The van der Waals surface area contributed by atoms with Gasteiger partial charge in [0.25, 0.3) is 0 Å². The smallest absolute Gasteiger partial charge is 0.0679 e. The molecule has 0 aliphatic carbocycles. The number of nitrogens with two attached hydrogens (primary N) is 1. The average Bonchev–Trinajstić information content (AvgIpc) is 2.56. The first-order valence-corrected chi connectivity index (χ1v) is 5.06. The maximum Gasteiger partial charge on any atom is 0.0679 e. The lowest BCUT2D eigenvalue weighted by Crippen LogP contribution is -2.03. The molecule has 4 heteroatoms. The van der Waals surface area contributed by atoms with Gasteiger partial charge in [0.05, 0.1) is 12.7 Å². The lowest BCUT2D eigenvalue weighted by molar-refractivity contribution is 0.688. The molecule has 0 unspecified atom stereocenters. The summed E-state index contributed by atoms with van der Waals surface area (Å²) in [5, 5.41) is 4.86. The Hall–Kier alpha value is -1.48. The second kappa shape index (κ2) is 3.95. The number of hydrogen-bond acceptors (Lipinski definition) is 2. The molecule has 0 amide bonds. The van der Waals surface area contributed by atoms with Gasteiger partial charge in [-0.3, -0.25) is 4.68 Å². The van der Waals surface area contributed by atoms with Crippen LogP contribution in [0.1, 0.15) is 11.1 Å². The summed E-state index contributed by atoms with van der Waals surface area (Å²) in [4.78, 5) is 0. The van der Waals surface area contributed by atoms with E-state index in [1.165, 1.54) is 0 Å². The highest BCUT2D eigenvalue weighted by atomic mass is 35.5. The summed E-state index contributed by atoms with van der Waals surface area (Å²) >= 11 is 5.82. The monoisotopic (exact) mass is 221 g/mol. The van der Waals surface area contributed by atoms with Crippen LogP contribution in [0.2, 0.25) is 5.02 Å². The quantitative estimate of drug-likeness (QED) is 0.792. The van der Waals surface area contributed by atoms with Crippen molar-refractivity contribution >= 4 is 17.3 Å². The third-order valence-electron chi connectivity index (χ3n) is 2.20. The number of aryl methyl sites for hydroxylation is 1. The molecule has 1 aromatic carbocycles. The van der Waals surface area contributed by atoms with E-state index in [2.05, 4.69) is 5.10 Å². The van der Waals surface area contributed by atoms with Gasteiger partial charge in [0.15, 0.2) is 0 Å². The molecule has 78 valence electrons. The summed E-state index contributed by atoms with van der Waals surface area (Å²) in [5.41, 5.74) is 8.73. The van der Waals surface area contributed by atoms with Crippen LogP contribution in [0.3, 0.4) is 0 Å². The lowest BCUT2D eigenvalue weighted by atomic mass is 10.2. The first-order chi connectivity index (χ1) is 7.15. The van der Waals surface area contributed by atoms with Crippen LogP contribution in [0, 0.1) is 6.92 Å². The predicted molar refractivity (Wildman–Crippen MR) is 61.9 cm³/mol. The predicted octanol–water partition coefficient (Wildman–Crippen LogP) is 2.48. The molecule has 0 radical (unpaired) electrons. The zero-order chi connectivity index (χ0) is 10.8. The Balaban J connectivity index is 2.24. The maximum atomic E-state index is 5.85. The molecule has 2 aromatic rings. The van der Waals surface area contributed by atoms with E-state index in [0.717, 1.165) is 11.1 Å². The minimum Gasteiger partial charge on any atom is -0.398 e. The number of hydrogen-bond donors (Lipinski definition) is 1. The van der Waals surface area contributed by atoms with Crippen molar-refractivity contribution in [3.63, 3.8) is 0 Å². The van der Waals surface area contributed by atoms with E-state index in [-0.39, 0.29) is 0 Å². The molecule has 15 heavy (non-hydrogen) atoms. The zero-order valence-corrected chi connectivity index (χ0v) is 9.20. The SMILES string of the molecule is Cc1cnn(Cc2ccc(Cl)cc2N)c1. The van der Waals surface area contributed by atoms with E-state index >= 15 is 0 Å². The molecule has 0 spiro atoms. The second-order valence-electron chi connectivity index (χ2n) is 3.56. The van der Waals surface area contributed by atoms with E-state index in [1.807, 2.05) is 36.1 Å². The third-order valence-corrected chi connectivity index (χ3v) is 2.44. The Morgan fingerprint density at radius 3 is 2.87 bits per heavy atom. The molecule has 0 saturated heterocycles. The number of anilines is 1. The normalized spacial score (nSPS) is 10.5. The van der Waals surface area contributed by atoms with Crippen molar-refractivity contribution in [2.24, 2.45) is 0 Å². The highest BCUT2D eigenvalue weighted by Crippen LogP contribution is 2.18. The van der Waals surface area contributed by atoms with Gasteiger partial charge < -0.3 is 5.73 Å². The molecule has 1 heterocycles. The van der Waals surface area contributed by atoms with Gasteiger partial charge in [0, 0.05) is 16.9 Å². The van der Waals surface area contributed by atoms with Crippen LogP contribution in [0.25, 0.3) is 0 Å². The molecule has 0 atom stereocenters. The van der Waals surface area contributed by atoms with Gasteiger partial charge >= 0.3 is 0 Å². The average molecular weight is 222 g/mol. The van der Waals surface area contributed by atoms with Gasteiger partial charge in [-0.1, -0.05) is 17.7 Å². The van der Waals surface area contributed by atoms with Gasteiger partial charge in [-0.05, 0) is 30.2 Å². The van der Waals surface area contributed by atoms with Gasteiger partial charge in [0.1, 0.15) is 0 Å². The minimum absolute atomic E-state index is 0.660. The molecule has 0 aliphatic rings. The molecule has 0 aliphatic heterocycles. The topological polar surface area (TPSA) is 43.8 Å². The molecule has 1 aromatic heterocycles. The number of benzene rings is 1. The second-order valence-corrected chi connectivity index (χ2v) is 3.99. The van der Waals surface area contributed by atoms with E-state index in [4.69, 9.17) is 17.3 Å². The third kappa shape index (κ3) is 2.30. The Labute approximate surface area is 93.5 Å². The minimum atomic E-state index is 0.660. The summed E-state index contributed by atoms with van der Waals surface area (Å²) in [7, 11) is 0. The Kier molecular flexibility index (Phi) is 2.64. The van der Waals surface area contributed by atoms with E-state index < -0.39 is 0 Å². The van der Waals surface area contributed by atoms with E-state index in [1.54, 1.807) is 6.07 Å². The largest absolute Gasteiger partial charge is 0.398 e. The summed E-state index contributed by atoms with van der Waals surface area (Å²) < 4.78 is 1.86. The standard InChI is InChI=1S/C11H12ClN3/c1-8-5-14-15(6-8)7-9-2-3-10(12)4-11(9)13/h2-6H,7,13H2,1H3. The van der Waals surface area contributed by atoms with Gasteiger partial charge in [-0.2, -0.15) is 5.10 Å². The van der Waals surface area contributed by atoms with Crippen LogP contribution in [-0.2, 0) is 6.54 Å². The van der Waals surface area contributed by atoms with Crippen LogP contribution in [0.15, 0.2) is 30.6 Å². The molecule has 0 saturated carbocycles. The van der Waals surface area contributed by atoms with Crippen molar-refractivity contribution in [2.45, 2.75) is 13.5 Å². The number of aromatic nitrogens is 2. The van der Waals surface area contributed by atoms with Crippen LogP contribution in [0.4, 0.5) is 5.69 Å². The fraction of sp³-hybridized carbons (Fsp3) is 0.182. The van der Waals surface area contributed by atoms with Crippen molar-refractivity contribution in [1.82, 2.24) is 9.78 Å². The summed E-state index contributed by atoms with van der Waals surface area (Å²) in [5.74, 6) is 0. The lowest BCUT2D eigenvalue weighted by Gasteiger charge is -2.05. The van der Waals surface area contributed by atoms with Crippen LogP contribution >= 0.6 is 11.6 Å². The number of nitrogens with zero attached hydrogens (tertiary/aromatic N) is 2. The summed E-state index contributed by atoms with van der Waals surface area (Å²) in [6.07, 6.45) is 3.81. The first-order valence-electron chi connectivity index (χ1n) is 4.68. The van der Waals surface area contributed by atoms with Gasteiger partial charge in [-0.25, -0.2) is 0 Å². The van der Waals surface area contributed by atoms with Gasteiger partial charge in [-0.15, -0.1) is 0 Å².